The van der Waals surface area contributed by atoms with Crippen LogP contribution in [-0.2, 0) is 11.3 Å². The summed E-state index contributed by atoms with van der Waals surface area (Å²) in [5, 5.41) is 16.4. The first-order chi connectivity index (χ1) is 13.6. The van der Waals surface area contributed by atoms with E-state index in [2.05, 4.69) is 38.2 Å². The summed E-state index contributed by atoms with van der Waals surface area (Å²) in [5.41, 5.74) is 2.64. The van der Waals surface area contributed by atoms with Gasteiger partial charge >= 0.3 is 0 Å². The zero-order valence-corrected chi connectivity index (χ0v) is 16.7. The van der Waals surface area contributed by atoms with Crippen LogP contribution in [-0.4, -0.2) is 36.1 Å². The molecular formula is C19H20N6O2S. The molecule has 0 aliphatic rings. The molecule has 0 fully saturated rings. The summed E-state index contributed by atoms with van der Waals surface area (Å²) in [4.78, 5) is 17.3. The molecule has 4 aromatic rings. The molecule has 4 rings (SSSR count). The number of carbonyl (C=O) groups is 1. The van der Waals surface area contributed by atoms with Crippen molar-refractivity contribution in [1.82, 2.24) is 24.9 Å². The third-order valence-corrected chi connectivity index (χ3v) is 5.68. The van der Waals surface area contributed by atoms with Gasteiger partial charge in [-0.1, -0.05) is 42.0 Å². The Morgan fingerprint density at radius 2 is 2.11 bits per heavy atom. The van der Waals surface area contributed by atoms with Crippen molar-refractivity contribution < 1.29 is 9.32 Å². The number of anilines is 1. The van der Waals surface area contributed by atoms with Crippen LogP contribution in [0.3, 0.4) is 0 Å². The van der Waals surface area contributed by atoms with Crippen LogP contribution in [0.5, 0.6) is 0 Å². The van der Waals surface area contributed by atoms with Gasteiger partial charge in [0.25, 0.3) is 0 Å². The van der Waals surface area contributed by atoms with Gasteiger partial charge in [-0.05, 0) is 26.3 Å². The number of amides is 1. The Bertz CT molecular complexity index is 1150. The number of para-hydroxylation sites is 1. The summed E-state index contributed by atoms with van der Waals surface area (Å²) in [5.74, 6) is 0.879. The molecule has 0 aliphatic carbocycles. The number of thioether (sulfide) groups is 1. The summed E-state index contributed by atoms with van der Waals surface area (Å²) in [6.07, 6.45) is 0.617. The van der Waals surface area contributed by atoms with E-state index >= 15 is 0 Å². The maximum absolute atomic E-state index is 12.6. The lowest BCUT2D eigenvalue weighted by Crippen LogP contribution is -2.25. The number of carbonyl (C=O) groups excluding carboxylic acids is 1. The summed E-state index contributed by atoms with van der Waals surface area (Å²) >= 11 is 1.30. The van der Waals surface area contributed by atoms with E-state index in [4.69, 9.17) is 9.51 Å². The molecule has 28 heavy (non-hydrogen) atoms. The highest BCUT2D eigenvalue weighted by atomic mass is 32.2. The van der Waals surface area contributed by atoms with Crippen LogP contribution in [0.4, 0.5) is 5.82 Å². The van der Waals surface area contributed by atoms with Crippen molar-refractivity contribution in [2.75, 3.05) is 5.32 Å². The zero-order valence-electron chi connectivity index (χ0n) is 15.8. The van der Waals surface area contributed by atoms with Crippen LogP contribution in [0.1, 0.15) is 26.0 Å². The van der Waals surface area contributed by atoms with Crippen LogP contribution in [0, 0.1) is 6.92 Å². The summed E-state index contributed by atoms with van der Waals surface area (Å²) in [7, 11) is 0. The van der Waals surface area contributed by atoms with Gasteiger partial charge in [0, 0.05) is 18.0 Å². The molecule has 0 radical (unpaired) electrons. The summed E-state index contributed by atoms with van der Waals surface area (Å²) in [6, 6.07) is 9.74. The van der Waals surface area contributed by atoms with E-state index < -0.39 is 0 Å². The minimum absolute atomic E-state index is 0.166. The first kappa shape index (κ1) is 18.4. The number of hydrogen-bond acceptors (Lipinski definition) is 7. The molecule has 3 heterocycles. The van der Waals surface area contributed by atoms with Gasteiger partial charge in [0.2, 0.25) is 11.1 Å². The number of nitrogens with one attached hydrogen (secondary N) is 1. The molecule has 1 atom stereocenters. The molecule has 9 heteroatoms. The van der Waals surface area contributed by atoms with Crippen molar-refractivity contribution in [3.8, 4) is 0 Å². The molecular weight excluding hydrogens is 376 g/mol. The molecule has 1 N–H and O–H groups in total. The van der Waals surface area contributed by atoms with Crippen molar-refractivity contribution in [3.63, 3.8) is 0 Å². The quantitative estimate of drug-likeness (QED) is 0.495. The van der Waals surface area contributed by atoms with E-state index in [1.165, 1.54) is 11.8 Å². The van der Waals surface area contributed by atoms with Gasteiger partial charge in [-0.15, -0.1) is 10.2 Å². The van der Waals surface area contributed by atoms with Crippen molar-refractivity contribution in [1.29, 1.82) is 0 Å². The molecule has 0 saturated heterocycles. The average molecular weight is 396 g/mol. The standard InChI is InChI=1S/C19H20N6O2S/c1-4-14(18(26)20-15-10-11(3)27-24-15)28-19-21-17-16(22-23-19)12-8-6-7-9-13(12)25(17)5-2/h6-10,14H,4-5H2,1-3H3,(H,20,24,26). The number of rotatable bonds is 6. The van der Waals surface area contributed by atoms with Gasteiger partial charge < -0.3 is 14.4 Å². The summed E-state index contributed by atoms with van der Waals surface area (Å²) < 4.78 is 7.10. The monoisotopic (exact) mass is 396 g/mol. The Kier molecular flexibility index (Phi) is 4.99. The minimum Gasteiger partial charge on any atom is -0.360 e. The van der Waals surface area contributed by atoms with Crippen molar-refractivity contribution in [2.45, 2.75) is 44.1 Å². The van der Waals surface area contributed by atoms with Gasteiger partial charge in [0.05, 0.1) is 10.8 Å². The van der Waals surface area contributed by atoms with E-state index in [1.54, 1.807) is 13.0 Å². The lowest BCUT2D eigenvalue weighted by molar-refractivity contribution is -0.115. The first-order valence-electron chi connectivity index (χ1n) is 9.13. The van der Waals surface area contributed by atoms with Gasteiger partial charge in [-0.25, -0.2) is 4.98 Å². The summed E-state index contributed by atoms with van der Waals surface area (Å²) in [6.45, 7) is 6.57. The molecule has 1 unspecified atom stereocenters. The largest absolute Gasteiger partial charge is 0.360 e. The van der Waals surface area contributed by atoms with E-state index in [0.717, 1.165) is 28.6 Å². The maximum atomic E-state index is 12.6. The highest BCUT2D eigenvalue weighted by molar-refractivity contribution is 8.00. The van der Waals surface area contributed by atoms with Crippen LogP contribution in [0.15, 0.2) is 40.0 Å². The minimum atomic E-state index is -0.365. The molecule has 0 aliphatic heterocycles. The molecule has 144 valence electrons. The first-order valence-corrected chi connectivity index (χ1v) is 10.0. The SMILES string of the molecule is CCC(Sc1nnc2c3ccccc3n(CC)c2n1)C(=O)Nc1cc(C)on1. The van der Waals surface area contributed by atoms with Gasteiger partial charge in [0.15, 0.2) is 11.5 Å². The lowest BCUT2D eigenvalue weighted by atomic mass is 10.2. The van der Waals surface area contributed by atoms with E-state index in [0.29, 0.717) is 23.2 Å². The van der Waals surface area contributed by atoms with Crippen molar-refractivity contribution in [2.24, 2.45) is 0 Å². The number of fused-ring (bicyclic) bond motifs is 3. The third kappa shape index (κ3) is 3.33. The van der Waals surface area contributed by atoms with Crippen molar-refractivity contribution >= 4 is 45.6 Å². The molecule has 0 saturated carbocycles. The normalized spacial score (nSPS) is 12.5. The Hall–Kier alpha value is -2.94. The Morgan fingerprint density at radius 3 is 2.82 bits per heavy atom. The lowest BCUT2D eigenvalue weighted by Gasteiger charge is -2.12. The Balaban J connectivity index is 1.62. The second-order valence-corrected chi connectivity index (χ2v) is 7.52. The zero-order chi connectivity index (χ0) is 19.7. The highest BCUT2D eigenvalue weighted by Gasteiger charge is 2.22. The van der Waals surface area contributed by atoms with Crippen LogP contribution < -0.4 is 5.32 Å². The van der Waals surface area contributed by atoms with Crippen LogP contribution >= 0.6 is 11.8 Å². The van der Waals surface area contributed by atoms with Crippen LogP contribution in [0.25, 0.3) is 22.1 Å². The number of nitrogens with zero attached hydrogens (tertiary/aromatic N) is 5. The molecule has 3 aromatic heterocycles. The molecule has 1 amide bonds. The number of hydrogen-bond donors (Lipinski definition) is 1. The second-order valence-electron chi connectivity index (χ2n) is 6.35. The molecule has 0 bridgehead atoms. The fraction of sp³-hybridized carbons (Fsp3) is 0.316. The topological polar surface area (TPSA) is 98.7 Å². The van der Waals surface area contributed by atoms with Gasteiger partial charge in [-0.2, -0.15) is 0 Å². The fourth-order valence-corrected chi connectivity index (χ4v) is 3.96. The van der Waals surface area contributed by atoms with Gasteiger partial charge in [-0.3, -0.25) is 4.79 Å². The molecule has 8 nitrogen and oxygen atoms in total. The molecule has 1 aromatic carbocycles. The molecule has 0 spiro atoms. The predicted octanol–water partition coefficient (Wildman–Crippen LogP) is 3.81. The Labute approximate surface area is 165 Å². The highest BCUT2D eigenvalue weighted by Crippen LogP contribution is 2.29. The number of aryl methyl sites for hydroxylation is 2. The second kappa shape index (κ2) is 7.59. The average Bonchev–Trinajstić information content (AvgIpc) is 3.25. The van der Waals surface area contributed by atoms with Crippen molar-refractivity contribution in [3.05, 3.63) is 36.1 Å². The number of benzene rings is 1. The van der Waals surface area contributed by atoms with Gasteiger partial charge in [0.1, 0.15) is 11.3 Å². The fourth-order valence-electron chi connectivity index (χ4n) is 3.14. The van der Waals surface area contributed by atoms with E-state index in [-0.39, 0.29) is 11.2 Å². The predicted molar refractivity (Wildman–Crippen MR) is 108 cm³/mol. The smallest absolute Gasteiger partial charge is 0.239 e. The third-order valence-electron chi connectivity index (χ3n) is 4.46. The maximum Gasteiger partial charge on any atom is 0.239 e. The Morgan fingerprint density at radius 1 is 1.29 bits per heavy atom. The van der Waals surface area contributed by atoms with Crippen LogP contribution in [0.2, 0.25) is 0 Å². The van der Waals surface area contributed by atoms with E-state index in [9.17, 15) is 4.79 Å². The van der Waals surface area contributed by atoms with E-state index in [1.807, 2.05) is 25.1 Å². The number of aromatic nitrogens is 5.